The Hall–Kier alpha value is -1.08. The lowest BCUT2D eigenvalue weighted by Gasteiger charge is -2.34. The molecule has 2 aliphatic rings. The second-order valence-electron chi connectivity index (χ2n) is 8.91. The van der Waals surface area contributed by atoms with E-state index in [1.54, 1.807) is 0 Å². The van der Waals surface area contributed by atoms with Crippen LogP contribution in [0, 0.1) is 12.3 Å². The Balaban J connectivity index is 1.60. The molecule has 2 aromatic heterocycles. The number of rotatable bonds is 4. The van der Waals surface area contributed by atoms with Gasteiger partial charge in [0.05, 0.1) is 31.6 Å². The fourth-order valence-electron chi connectivity index (χ4n) is 4.38. The molecule has 0 amide bonds. The molecular weight excluding hydrogens is 358 g/mol. The fraction of sp³-hybridized carbons (Fsp3) is 0.714. The van der Waals surface area contributed by atoms with Crippen molar-refractivity contribution < 1.29 is 9.84 Å². The van der Waals surface area contributed by atoms with E-state index < -0.39 is 0 Å². The molecule has 1 aliphatic heterocycles. The fourth-order valence-corrected chi connectivity index (χ4v) is 5.65. The maximum Gasteiger partial charge on any atom is 0.127 e. The first-order chi connectivity index (χ1) is 12.9. The highest BCUT2D eigenvalue weighted by Gasteiger charge is 2.29. The molecule has 2 aromatic rings. The lowest BCUT2D eigenvalue weighted by Crippen LogP contribution is -2.47. The Morgan fingerprint density at radius 3 is 2.81 bits per heavy atom. The van der Waals surface area contributed by atoms with E-state index in [0.29, 0.717) is 17.9 Å². The van der Waals surface area contributed by atoms with Crippen LogP contribution >= 0.6 is 11.3 Å². The molecule has 2 fully saturated rings. The van der Waals surface area contributed by atoms with Crippen molar-refractivity contribution in [3.8, 4) is 0 Å². The third-order valence-corrected chi connectivity index (χ3v) is 7.45. The number of morpholine rings is 1. The van der Waals surface area contributed by atoms with Crippen LogP contribution in [0.1, 0.15) is 61.8 Å². The first-order valence-corrected chi connectivity index (χ1v) is 11.0. The molecule has 5 nitrogen and oxygen atoms in total. The minimum Gasteiger partial charge on any atom is -0.395 e. The molecule has 0 unspecified atom stereocenters. The van der Waals surface area contributed by atoms with Gasteiger partial charge in [0.15, 0.2) is 0 Å². The van der Waals surface area contributed by atoms with Gasteiger partial charge in [0, 0.05) is 23.4 Å². The zero-order chi connectivity index (χ0) is 19.0. The summed E-state index contributed by atoms with van der Waals surface area (Å²) in [7, 11) is 0. The van der Waals surface area contributed by atoms with Crippen LogP contribution in [0.4, 0.5) is 0 Å². The third-order valence-electron chi connectivity index (χ3n) is 6.26. The summed E-state index contributed by atoms with van der Waals surface area (Å²) in [6.45, 7) is 9.79. The lowest BCUT2D eigenvalue weighted by molar-refractivity contribution is -0.0315. The first-order valence-electron chi connectivity index (χ1n) is 10.1. The molecule has 1 N–H and O–H groups in total. The Labute approximate surface area is 165 Å². The molecule has 1 atom stereocenters. The predicted molar refractivity (Wildman–Crippen MR) is 109 cm³/mol. The number of aryl methyl sites for hydroxylation is 1. The molecule has 1 saturated carbocycles. The summed E-state index contributed by atoms with van der Waals surface area (Å²) in [6, 6.07) is 2.41. The highest BCUT2D eigenvalue weighted by Crippen LogP contribution is 2.45. The number of aliphatic hydroxyl groups is 1. The molecule has 0 spiro atoms. The van der Waals surface area contributed by atoms with Crippen LogP contribution in [0.15, 0.2) is 6.07 Å². The Morgan fingerprint density at radius 1 is 1.30 bits per heavy atom. The van der Waals surface area contributed by atoms with Crippen molar-refractivity contribution in [2.24, 2.45) is 5.41 Å². The van der Waals surface area contributed by atoms with E-state index in [1.165, 1.54) is 35.9 Å². The molecular formula is C21H31N3O2S. The average Bonchev–Trinajstić information content (AvgIpc) is 3.06. The number of ether oxygens (including phenoxy) is 1. The summed E-state index contributed by atoms with van der Waals surface area (Å²) in [5.41, 5.74) is 1.58. The van der Waals surface area contributed by atoms with Crippen LogP contribution in [0.25, 0.3) is 10.2 Å². The van der Waals surface area contributed by atoms with Gasteiger partial charge in [-0.05, 0) is 50.0 Å². The van der Waals surface area contributed by atoms with Gasteiger partial charge in [-0.1, -0.05) is 13.8 Å². The Kier molecular flexibility index (Phi) is 5.52. The zero-order valence-electron chi connectivity index (χ0n) is 16.7. The number of hydrogen-bond acceptors (Lipinski definition) is 6. The molecule has 1 aliphatic carbocycles. The summed E-state index contributed by atoms with van der Waals surface area (Å²) in [6.07, 6.45) is 5.15. The molecule has 6 heteroatoms. The molecule has 27 heavy (non-hydrogen) atoms. The van der Waals surface area contributed by atoms with E-state index >= 15 is 0 Å². The molecule has 0 bridgehead atoms. The van der Waals surface area contributed by atoms with Gasteiger partial charge in [-0.3, -0.25) is 4.90 Å². The van der Waals surface area contributed by atoms with E-state index in [-0.39, 0.29) is 12.6 Å². The van der Waals surface area contributed by atoms with Gasteiger partial charge >= 0.3 is 0 Å². The SMILES string of the molecule is Cc1nc(CN2CCOC[C@H]2CO)c2cc(C3CCC(C)(C)CC3)sc2n1. The molecule has 3 heterocycles. The van der Waals surface area contributed by atoms with Crippen molar-refractivity contribution in [2.75, 3.05) is 26.4 Å². The number of fused-ring (bicyclic) bond motifs is 1. The predicted octanol–water partition coefficient (Wildman–Crippen LogP) is 3.88. The molecule has 0 aromatic carbocycles. The first kappa shape index (κ1) is 19.2. The van der Waals surface area contributed by atoms with Crippen molar-refractivity contribution in [3.05, 3.63) is 22.5 Å². The van der Waals surface area contributed by atoms with Crippen LogP contribution in [-0.2, 0) is 11.3 Å². The molecule has 1 saturated heterocycles. The van der Waals surface area contributed by atoms with E-state index in [1.807, 2.05) is 18.3 Å². The lowest BCUT2D eigenvalue weighted by atomic mass is 9.73. The van der Waals surface area contributed by atoms with Crippen molar-refractivity contribution in [1.29, 1.82) is 0 Å². The number of aliphatic hydroxyl groups excluding tert-OH is 1. The van der Waals surface area contributed by atoms with E-state index in [4.69, 9.17) is 14.7 Å². The van der Waals surface area contributed by atoms with Crippen molar-refractivity contribution in [3.63, 3.8) is 0 Å². The van der Waals surface area contributed by atoms with Crippen LogP contribution < -0.4 is 0 Å². The van der Waals surface area contributed by atoms with Crippen molar-refractivity contribution in [2.45, 2.75) is 65.0 Å². The van der Waals surface area contributed by atoms with Gasteiger partial charge in [0.2, 0.25) is 0 Å². The van der Waals surface area contributed by atoms with Gasteiger partial charge in [-0.25, -0.2) is 9.97 Å². The maximum atomic E-state index is 9.67. The van der Waals surface area contributed by atoms with Crippen LogP contribution in [0.2, 0.25) is 0 Å². The summed E-state index contributed by atoms with van der Waals surface area (Å²) >= 11 is 1.86. The Morgan fingerprint density at radius 2 is 2.07 bits per heavy atom. The maximum absolute atomic E-state index is 9.67. The topological polar surface area (TPSA) is 58.5 Å². The van der Waals surface area contributed by atoms with Crippen LogP contribution in [0.3, 0.4) is 0 Å². The van der Waals surface area contributed by atoms with Gasteiger partial charge in [0.25, 0.3) is 0 Å². The minimum absolute atomic E-state index is 0.0581. The second kappa shape index (κ2) is 7.74. The standard InChI is InChI=1S/C21H31N3O2S/c1-14-22-18(11-24-8-9-26-13-16(24)12-25)17-10-19(27-20(17)23-14)15-4-6-21(2,3)7-5-15/h10,15-16,25H,4-9,11-13H2,1-3H3/t16-/m1/s1. The summed E-state index contributed by atoms with van der Waals surface area (Å²) < 4.78 is 5.52. The van der Waals surface area contributed by atoms with Gasteiger partial charge in [-0.15, -0.1) is 11.3 Å². The number of thiophene rings is 1. The van der Waals surface area contributed by atoms with Crippen LogP contribution in [-0.4, -0.2) is 52.4 Å². The van der Waals surface area contributed by atoms with Crippen LogP contribution in [0.5, 0.6) is 0 Å². The van der Waals surface area contributed by atoms with Crippen molar-refractivity contribution >= 4 is 21.6 Å². The number of aromatic nitrogens is 2. The zero-order valence-corrected chi connectivity index (χ0v) is 17.5. The third kappa shape index (κ3) is 4.19. The number of nitrogens with zero attached hydrogens (tertiary/aromatic N) is 3. The second-order valence-corrected chi connectivity index (χ2v) is 9.97. The summed E-state index contributed by atoms with van der Waals surface area (Å²) in [5.74, 6) is 1.50. The monoisotopic (exact) mass is 389 g/mol. The highest BCUT2D eigenvalue weighted by molar-refractivity contribution is 7.18. The minimum atomic E-state index is 0.0581. The van der Waals surface area contributed by atoms with E-state index in [0.717, 1.165) is 36.0 Å². The quantitative estimate of drug-likeness (QED) is 0.860. The highest BCUT2D eigenvalue weighted by atomic mass is 32.1. The van der Waals surface area contributed by atoms with Gasteiger partial charge < -0.3 is 9.84 Å². The Bertz CT molecular complexity index is 794. The number of hydrogen-bond donors (Lipinski definition) is 1. The molecule has 0 radical (unpaired) electrons. The summed E-state index contributed by atoms with van der Waals surface area (Å²) in [4.78, 5) is 14.4. The van der Waals surface area contributed by atoms with E-state index in [9.17, 15) is 5.11 Å². The van der Waals surface area contributed by atoms with Gasteiger partial charge in [0.1, 0.15) is 10.7 Å². The molecule has 4 rings (SSSR count). The van der Waals surface area contributed by atoms with Crippen molar-refractivity contribution in [1.82, 2.24) is 14.9 Å². The summed E-state index contributed by atoms with van der Waals surface area (Å²) in [5, 5.41) is 10.9. The van der Waals surface area contributed by atoms with Gasteiger partial charge in [-0.2, -0.15) is 0 Å². The average molecular weight is 390 g/mol. The smallest absolute Gasteiger partial charge is 0.127 e. The molecule has 148 valence electrons. The van der Waals surface area contributed by atoms with E-state index in [2.05, 4.69) is 24.8 Å². The normalized spacial score (nSPS) is 24.5. The largest absolute Gasteiger partial charge is 0.395 e.